The van der Waals surface area contributed by atoms with Gasteiger partial charge in [-0.25, -0.2) is 4.63 Å². The average Bonchev–Trinajstić information content (AvgIpc) is 3.00. The molecule has 11 heteroatoms. The van der Waals surface area contributed by atoms with E-state index in [0.29, 0.717) is 6.61 Å². The molecule has 11 nitrogen and oxygen atoms in total. The first-order valence-electron chi connectivity index (χ1n) is 7.72. The third kappa shape index (κ3) is 7.27. The average molecular weight is 357 g/mol. The van der Waals surface area contributed by atoms with Gasteiger partial charge < -0.3 is 25.4 Å². The standard InChI is InChI=1S/C13H21N5O4.CH2O2/c1-9(19)14-11-12(17-22-16-11)15-13(20)10-3-5-18(6-4-10)7-8-21-2;2-1-3/h10H,3-8H2,1-2H3,(H,14,16,19)(H,15,17,20);1H,(H,2,3). The molecule has 25 heavy (non-hydrogen) atoms. The van der Waals surface area contributed by atoms with E-state index in [0.717, 1.165) is 32.5 Å². The molecule has 1 aliphatic heterocycles. The number of methoxy groups -OCH3 is 1. The molecule has 0 spiro atoms. The van der Waals surface area contributed by atoms with Crippen molar-refractivity contribution in [2.24, 2.45) is 5.92 Å². The maximum Gasteiger partial charge on any atom is 0.290 e. The van der Waals surface area contributed by atoms with Crippen LogP contribution in [0, 0.1) is 5.92 Å². The molecule has 1 saturated heterocycles. The quantitative estimate of drug-likeness (QED) is 0.600. The number of carboxylic acid groups (broad SMARTS) is 1. The van der Waals surface area contributed by atoms with Gasteiger partial charge in [0.1, 0.15) is 0 Å². The zero-order valence-electron chi connectivity index (χ0n) is 14.2. The molecule has 1 fully saturated rings. The van der Waals surface area contributed by atoms with Gasteiger partial charge in [-0.2, -0.15) is 0 Å². The zero-order valence-corrected chi connectivity index (χ0v) is 14.2. The van der Waals surface area contributed by atoms with Crippen molar-refractivity contribution in [2.75, 3.05) is 44.0 Å². The molecule has 1 aliphatic rings. The summed E-state index contributed by atoms with van der Waals surface area (Å²) < 4.78 is 9.60. The minimum absolute atomic E-state index is 0.0827. The number of nitrogens with zero attached hydrogens (tertiary/aromatic N) is 3. The summed E-state index contributed by atoms with van der Waals surface area (Å²) in [6.07, 6.45) is 1.55. The molecule has 0 aromatic carbocycles. The van der Waals surface area contributed by atoms with Crippen LogP contribution in [0.25, 0.3) is 0 Å². The molecule has 2 amide bonds. The van der Waals surface area contributed by atoms with Gasteiger partial charge in [-0.1, -0.05) is 0 Å². The maximum atomic E-state index is 12.2. The Morgan fingerprint density at radius 3 is 2.40 bits per heavy atom. The Bertz CT molecular complexity index is 556. The molecule has 2 heterocycles. The van der Waals surface area contributed by atoms with Gasteiger partial charge in [0, 0.05) is 26.5 Å². The van der Waals surface area contributed by atoms with E-state index in [1.165, 1.54) is 6.92 Å². The summed E-state index contributed by atoms with van der Waals surface area (Å²) in [5.74, 6) is -0.257. The molecular formula is C14H23N5O6. The van der Waals surface area contributed by atoms with Crippen LogP contribution >= 0.6 is 0 Å². The van der Waals surface area contributed by atoms with Gasteiger partial charge in [0.15, 0.2) is 0 Å². The number of amides is 2. The maximum absolute atomic E-state index is 12.2. The third-order valence-corrected chi connectivity index (χ3v) is 3.59. The summed E-state index contributed by atoms with van der Waals surface area (Å²) in [6.45, 7) is 4.39. The summed E-state index contributed by atoms with van der Waals surface area (Å²) in [7, 11) is 1.68. The highest BCUT2D eigenvalue weighted by Gasteiger charge is 2.26. The number of nitrogens with one attached hydrogen (secondary N) is 2. The fraction of sp³-hybridized carbons (Fsp3) is 0.643. The van der Waals surface area contributed by atoms with Crippen molar-refractivity contribution in [1.29, 1.82) is 0 Å². The highest BCUT2D eigenvalue weighted by Crippen LogP contribution is 2.21. The fourth-order valence-corrected chi connectivity index (χ4v) is 2.38. The molecule has 0 bridgehead atoms. The molecular weight excluding hydrogens is 334 g/mol. The Kier molecular flexibility index (Phi) is 9.11. The van der Waals surface area contributed by atoms with Crippen molar-refractivity contribution in [2.45, 2.75) is 19.8 Å². The molecule has 0 atom stereocenters. The Labute approximate surface area is 144 Å². The van der Waals surface area contributed by atoms with E-state index in [2.05, 4.69) is 30.5 Å². The van der Waals surface area contributed by atoms with E-state index in [1.807, 2.05) is 0 Å². The largest absolute Gasteiger partial charge is 0.483 e. The zero-order chi connectivity index (χ0) is 18.7. The minimum Gasteiger partial charge on any atom is -0.483 e. The number of piperidine rings is 1. The van der Waals surface area contributed by atoms with Crippen LogP contribution in [0.1, 0.15) is 19.8 Å². The van der Waals surface area contributed by atoms with E-state index in [4.69, 9.17) is 14.6 Å². The Morgan fingerprint density at radius 1 is 1.32 bits per heavy atom. The molecule has 0 unspecified atom stereocenters. The summed E-state index contributed by atoms with van der Waals surface area (Å²) in [4.78, 5) is 33.9. The summed E-state index contributed by atoms with van der Waals surface area (Å²) in [5.41, 5.74) is 0. The Hall–Kier alpha value is -2.53. The van der Waals surface area contributed by atoms with Crippen LogP contribution in [0.2, 0.25) is 0 Å². The van der Waals surface area contributed by atoms with Gasteiger partial charge in [0.2, 0.25) is 23.5 Å². The minimum atomic E-state index is -0.308. The van der Waals surface area contributed by atoms with E-state index in [-0.39, 0.29) is 35.8 Å². The second kappa shape index (κ2) is 11.1. The number of carbonyl (C=O) groups excluding carboxylic acids is 2. The lowest BCUT2D eigenvalue weighted by Crippen LogP contribution is -2.39. The van der Waals surface area contributed by atoms with Gasteiger partial charge in [-0.3, -0.25) is 14.4 Å². The van der Waals surface area contributed by atoms with Crippen LogP contribution in [-0.4, -0.2) is 72.0 Å². The lowest BCUT2D eigenvalue weighted by atomic mass is 9.96. The van der Waals surface area contributed by atoms with Crippen molar-refractivity contribution in [1.82, 2.24) is 15.2 Å². The predicted octanol–water partition coefficient (Wildman–Crippen LogP) is 0.0257. The number of ether oxygens (including phenoxy) is 1. The molecule has 3 N–H and O–H groups in total. The molecule has 140 valence electrons. The number of aromatic nitrogens is 2. The number of rotatable bonds is 6. The summed E-state index contributed by atoms with van der Waals surface area (Å²) in [6, 6.07) is 0. The van der Waals surface area contributed by atoms with E-state index >= 15 is 0 Å². The highest BCUT2D eigenvalue weighted by atomic mass is 16.6. The van der Waals surface area contributed by atoms with Crippen LogP contribution in [0.15, 0.2) is 4.63 Å². The normalized spacial score (nSPS) is 15.0. The fourth-order valence-electron chi connectivity index (χ4n) is 2.38. The predicted molar refractivity (Wildman–Crippen MR) is 87.0 cm³/mol. The second-order valence-corrected chi connectivity index (χ2v) is 5.35. The number of hydrogen-bond acceptors (Lipinski definition) is 8. The molecule has 1 aromatic heterocycles. The van der Waals surface area contributed by atoms with Crippen molar-refractivity contribution in [3.05, 3.63) is 0 Å². The first kappa shape index (κ1) is 20.5. The molecule has 0 saturated carbocycles. The highest BCUT2D eigenvalue weighted by molar-refractivity contribution is 5.97. The van der Waals surface area contributed by atoms with Gasteiger partial charge in [-0.15, -0.1) is 0 Å². The van der Waals surface area contributed by atoms with E-state index in [1.54, 1.807) is 7.11 Å². The lowest BCUT2D eigenvalue weighted by Gasteiger charge is -2.30. The SMILES string of the molecule is COCCN1CCC(C(=O)Nc2nonc2NC(C)=O)CC1.O=CO. The summed E-state index contributed by atoms with van der Waals surface area (Å²) in [5, 5.41) is 19.1. The smallest absolute Gasteiger partial charge is 0.290 e. The van der Waals surface area contributed by atoms with Crippen LogP contribution in [-0.2, 0) is 19.1 Å². The molecule has 2 rings (SSSR count). The first-order valence-corrected chi connectivity index (χ1v) is 7.72. The van der Waals surface area contributed by atoms with E-state index < -0.39 is 0 Å². The van der Waals surface area contributed by atoms with Crippen molar-refractivity contribution in [3.8, 4) is 0 Å². The van der Waals surface area contributed by atoms with Crippen LogP contribution in [0.5, 0.6) is 0 Å². The van der Waals surface area contributed by atoms with Crippen molar-refractivity contribution >= 4 is 29.9 Å². The van der Waals surface area contributed by atoms with Gasteiger partial charge in [0.05, 0.1) is 6.61 Å². The van der Waals surface area contributed by atoms with Crippen LogP contribution in [0.3, 0.4) is 0 Å². The summed E-state index contributed by atoms with van der Waals surface area (Å²) >= 11 is 0. The van der Waals surface area contributed by atoms with Crippen molar-refractivity contribution in [3.63, 3.8) is 0 Å². The Balaban J connectivity index is 0.000000970. The monoisotopic (exact) mass is 357 g/mol. The van der Waals surface area contributed by atoms with Crippen LogP contribution < -0.4 is 10.6 Å². The number of anilines is 2. The van der Waals surface area contributed by atoms with Gasteiger partial charge in [-0.05, 0) is 36.2 Å². The topological polar surface area (TPSA) is 147 Å². The number of likely N-dealkylation sites (tertiary alicyclic amines) is 1. The van der Waals surface area contributed by atoms with Crippen molar-refractivity contribution < 1.29 is 28.9 Å². The second-order valence-electron chi connectivity index (χ2n) is 5.35. The third-order valence-electron chi connectivity index (χ3n) is 3.59. The van der Waals surface area contributed by atoms with Gasteiger partial charge >= 0.3 is 0 Å². The van der Waals surface area contributed by atoms with Gasteiger partial charge in [0.25, 0.3) is 6.47 Å². The van der Waals surface area contributed by atoms with Crippen LogP contribution in [0.4, 0.5) is 11.6 Å². The molecule has 0 radical (unpaired) electrons. The van der Waals surface area contributed by atoms with E-state index in [9.17, 15) is 9.59 Å². The Morgan fingerprint density at radius 2 is 1.88 bits per heavy atom. The number of hydrogen-bond donors (Lipinski definition) is 3. The first-order chi connectivity index (χ1) is 12.0. The number of carbonyl (C=O) groups is 3. The lowest BCUT2D eigenvalue weighted by molar-refractivity contribution is -0.123. The molecule has 0 aliphatic carbocycles. The molecule has 1 aromatic rings.